The van der Waals surface area contributed by atoms with Gasteiger partial charge in [-0.05, 0) is 51.2 Å². The van der Waals surface area contributed by atoms with Crippen molar-refractivity contribution in [3.8, 4) is 0 Å². The molecule has 1 unspecified atom stereocenters. The minimum absolute atomic E-state index is 0.0733. The number of nitrogens with zero attached hydrogens (tertiary/aromatic N) is 1. The van der Waals surface area contributed by atoms with E-state index >= 15 is 0 Å². The zero-order valence-electron chi connectivity index (χ0n) is 14.8. The number of piperidine rings is 1. The Kier molecular flexibility index (Phi) is 6.40. The summed E-state index contributed by atoms with van der Waals surface area (Å²) in [5, 5.41) is 2.98. The predicted octanol–water partition coefficient (Wildman–Crippen LogP) is 2.70. The first-order chi connectivity index (χ1) is 11.3. The van der Waals surface area contributed by atoms with Crippen molar-refractivity contribution < 1.29 is 13.2 Å². The van der Waals surface area contributed by atoms with Crippen LogP contribution in [0, 0.1) is 12.8 Å². The number of hydrogen-bond acceptors (Lipinski definition) is 3. The van der Waals surface area contributed by atoms with Gasteiger partial charge >= 0.3 is 0 Å². The van der Waals surface area contributed by atoms with Crippen LogP contribution in [0.25, 0.3) is 0 Å². The van der Waals surface area contributed by atoms with Crippen LogP contribution in [0.5, 0.6) is 0 Å². The molecular weight excluding hydrogens is 324 g/mol. The Morgan fingerprint density at radius 1 is 1.25 bits per heavy atom. The summed E-state index contributed by atoms with van der Waals surface area (Å²) in [4.78, 5) is 12.3. The van der Waals surface area contributed by atoms with E-state index in [9.17, 15) is 13.2 Å². The highest BCUT2D eigenvalue weighted by atomic mass is 32.2. The summed E-state index contributed by atoms with van der Waals surface area (Å²) in [6.45, 7) is 6.94. The molecule has 1 fully saturated rings. The van der Waals surface area contributed by atoms with E-state index in [4.69, 9.17) is 0 Å². The van der Waals surface area contributed by atoms with Gasteiger partial charge in [-0.15, -0.1) is 0 Å². The average Bonchev–Trinajstić information content (AvgIpc) is 2.55. The largest absolute Gasteiger partial charge is 0.354 e. The quantitative estimate of drug-likeness (QED) is 0.856. The molecule has 0 bridgehead atoms. The van der Waals surface area contributed by atoms with Crippen LogP contribution in [0.2, 0.25) is 0 Å². The van der Waals surface area contributed by atoms with E-state index in [0.29, 0.717) is 24.4 Å². The van der Waals surface area contributed by atoms with E-state index < -0.39 is 10.0 Å². The van der Waals surface area contributed by atoms with Gasteiger partial charge in [-0.3, -0.25) is 4.79 Å². The summed E-state index contributed by atoms with van der Waals surface area (Å²) in [5.41, 5.74) is 1.04. The molecule has 1 aliphatic rings. The summed E-state index contributed by atoms with van der Waals surface area (Å²) in [5.74, 6) is 0.336. The summed E-state index contributed by atoms with van der Waals surface area (Å²) >= 11 is 0. The molecule has 0 aromatic heterocycles. The van der Waals surface area contributed by atoms with Crippen LogP contribution in [0.3, 0.4) is 0 Å². The Hall–Kier alpha value is -1.40. The lowest BCUT2D eigenvalue weighted by molar-refractivity contribution is -0.122. The number of benzene rings is 1. The second kappa shape index (κ2) is 8.12. The van der Waals surface area contributed by atoms with Crippen molar-refractivity contribution >= 4 is 15.9 Å². The van der Waals surface area contributed by atoms with Crippen molar-refractivity contribution in [2.24, 2.45) is 5.92 Å². The van der Waals surface area contributed by atoms with Gasteiger partial charge in [0, 0.05) is 25.6 Å². The van der Waals surface area contributed by atoms with Crippen LogP contribution in [0.4, 0.5) is 0 Å². The number of carbonyl (C=O) groups excluding carboxylic acids is 1. The molecule has 0 radical (unpaired) electrons. The molecule has 1 aromatic rings. The third-order valence-corrected chi connectivity index (χ3v) is 6.64. The van der Waals surface area contributed by atoms with E-state index in [-0.39, 0.29) is 17.9 Å². The molecule has 6 heteroatoms. The van der Waals surface area contributed by atoms with Crippen molar-refractivity contribution in [3.05, 3.63) is 29.8 Å². The first-order valence-electron chi connectivity index (χ1n) is 8.69. The van der Waals surface area contributed by atoms with Crippen molar-refractivity contribution in [2.45, 2.75) is 57.4 Å². The van der Waals surface area contributed by atoms with Gasteiger partial charge in [0.1, 0.15) is 0 Å². The fourth-order valence-electron chi connectivity index (χ4n) is 2.91. The third-order valence-electron chi connectivity index (χ3n) is 4.73. The molecule has 1 aromatic carbocycles. The number of sulfonamides is 1. The van der Waals surface area contributed by atoms with Crippen molar-refractivity contribution in [3.63, 3.8) is 0 Å². The monoisotopic (exact) mass is 352 g/mol. The smallest absolute Gasteiger partial charge is 0.243 e. The van der Waals surface area contributed by atoms with E-state index in [0.717, 1.165) is 24.8 Å². The van der Waals surface area contributed by atoms with E-state index in [1.165, 1.54) is 0 Å². The summed E-state index contributed by atoms with van der Waals surface area (Å²) in [7, 11) is -3.42. The Morgan fingerprint density at radius 2 is 1.83 bits per heavy atom. The Labute approximate surface area is 145 Å². The van der Waals surface area contributed by atoms with Gasteiger partial charge in [0.05, 0.1) is 4.90 Å². The zero-order valence-corrected chi connectivity index (χ0v) is 15.6. The Morgan fingerprint density at radius 3 is 2.38 bits per heavy atom. The summed E-state index contributed by atoms with van der Waals surface area (Å²) < 4.78 is 26.9. The Bertz CT molecular complexity index is 647. The van der Waals surface area contributed by atoms with E-state index in [2.05, 4.69) is 5.32 Å². The number of carbonyl (C=O) groups is 1. The highest BCUT2D eigenvalue weighted by Crippen LogP contribution is 2.25. The van der Waals surface area contributed by atoms with Crippen molar-refractivity contribution in [1.82, 2.24) is 9.62 Å². The molecule has 1 saturated heterocycles. The fourth-order valence-corrected chi connectivity index (χ4v) is 4.38. The maximum Gasteiger partial charge on any atom is 0.243 e. The van der Waals surface area contributed by atoms with Crippen LogP contribution in [-0.4, -0.2) is 37.8 Å². The van der Waals surface area contributed by atoms with Crippen LogP contribution in [-0.2, 0) is 14.8 Å². The number of amides is 1. The Balaban J connectivity index is 1.90. The molecule has 134 valence electrons. The lowest BCUT2D eigenvalue weighted by Gasteiger charge is -2.31. The maximum atomic E-state index is 12.7. The van der Waals surface area contributed by atoms with Gasteiger partial charge in [0.25, 0.3) is 0 Å². The molecule has 1 amide bonds. The first-order valence-corrected chi connectivity index (χ1v) is 10.1. The highest BCUT2D eigenvalue weighted by molar-refractivity contribution is 7.89. The number of aryl methyl sites for hydroxylation is 1. The van der Waals surface area contributed by atoms with Gasteiger partial charge in [0.2, 0.25) is 15.9 Å². The number of nitrogens with one attached hydrogen (secondary N) is 1. The number of hydrogen-bond donors (Lipinski definition) is 1. The minimum atomic E-state index is -3.42. The molecule has 24 heavy (non-hydrogen) atoms. The topological polar surface area (TPSA) is 66.5 Å². The lowest BCUT2D eigenvalue weighted by atomic mass is 9.94. The molecule has 0 aliphatic carbocycles. The molecule has 5 nitrogen and oxygen atoms in total. The molecule has 1 atom stereocenters. The fraction of sp³-hybridized carbons (Fsp3) is 0.611. The zero-order chi connectivity index (χ0) is 17.7. The molecule has 1 heterocycles. The molecule has 1 aliphatic heterocycles. The van der Waals surface area contributed by atoms with Crippen LogP contribution < -0.4 is 5.32 Å². The first kappa shape index (κ1) is 18.9. The molecular formula is C18H28N2O3S. The average molecular weight is 353 g/mol. The van der Waals surface area contributed by atoms with Crippen molar-refractivity contribution in [2.75, 3.05) is 13.1 Å². The normalized spacial score (nSPS) is 18.3. The third kappa shape index (κ3) is 4.80. The summed E-state index contributed by atoms with van der Waals surface area (Å²) in [6, 6.07) is 7.16. The van der Waals surface area contributed by atoms with E-state index in [1.807, 2.05) is 32.9 Å². The standard InChI is InChI=1S/C18H28N2O3S/c1-4-15(3)19-18(21)13-16-9-11-20(12-10-16)24(22,23)17-7-5-14(2)6-8-17/h5-8,15-16H,4,9-13H2,1-3H3,(H,19,21). The van der Waals surface area contributed by atoms with Crippen molar-refractivity contribution in [1.29, 1.82) is 0 Å². The molecule has 0 spiro atoms. The maximum absolute atomic E-state index is 12.7. The summed E-state index contributed by atoms with van der Waals surface area (Å²) in [6.07, 6.45) is 2.87. The van der Waals surface area contributed by atoms with Gasteiger partial charge in [-0.25, -0.2) is 8.42 Å². The van der Waals surface area contributed by atoms with Gasteiger partial charge in [-0.1, -0.05) is 24.6 Å². The molecule has 1 N–H and O–H groups in total. The second-order valence-corrected chi connectivity index (χ2v) is 8.68. The SMILES string of the molecule is CCC(C)NC(=O)CC1CCN(S(=O)(=O)c2ccc(C)cc2)CC1. The number of rotatable bonds is 6. The van der Waals surface area contributed by atoms with E-state index in [1.54, 1.807) is 16.4 Å². The van der Waals surface area contributed by atoms with Gasteiger partial charge < -0.3 is 5.32 Å². The second-order valence-electron chi connectivity index (χ2n) is 6.74. The predicted molar refractivity (Wildman–Crippen MR) is 95.2 cm³/mol. The van der Waals surface area contributed by atoms with Crippen LogP contribution >= 0.6 is 0 Å². The molecule has 0 saturated carbocycles. The van der Waals surface area contributed by atoms with Gasteiger partial charge in [0.15, 0.2) is 0 Å². The lowest BCUT2D eigenvalue weighted by Crippen LogP contribution is -2.40. The highest BCUT2D eigenvalue weighted by Gasteiger charge is 2.30. The van der Waals surface area contributed by atoms with Crippen LogP contribution in [0.15, 0.2) is 29.2 Å². The van der Waals surface area contributed by atoms with Gasteiger partial charge in [-0.2, -0.15) is 4.31 Å². The molecule has 2 rings (SSSR count). The van der Waals surface area contributed by atoms with Crippen LogP contribution in [0.1, 0.15) is 45.1 Å². The minimum Gasteiger partial charge on any atom is -0.354 e.